The lowest BCUT2D eigenvalue weighted by Gasteiger charge is -2.02. The topological polar surface area (TPSA) is 26.0 Å². The average molecular weight is 170 g/mol. The fourth-order valence-electron chi connectivity index (χ4n) is 0. The molecule has 1 atom stereocenters. The maximum Gasteiger partial charge on any atom is 0.165 e. The molecule has 1 nitrogen and oxygen atoms in total. The summed E-state index contributed by atoms with van der Waals surface area (Å²) in [4.78, 5) is 0. The Bertz CT molecular complexity index is 56.3. The molecule has 0 amide bonds. The molecule has 36 valence electrons. The van der Waals surface area contributed by atoms with Gasteiger partial charge in [-0.05, 0) is 22.0 Å². The van der Waals surface area contributed by atoms with Crippen molar-refractivity contribution in [3.05, 3.63) is 12.7 Å². The summed E-state index contributed by atoms with van der Waals surface area (Å²) in [5, 5.41) is 0. The van der Waals surface area contributed by atoms with Crippen LogP contribution >= 0.6 is 27.5 Å². The van der Waals surface area contributed by atoms with Crippen LogP contribution in [0.1, 0.15) is 0 Å². The molecule has 0 aliphatic heterocycles. The zero-order valence-electron chi connectivity index (χ0n) is 3.12. The van der Waals surface area contributed by atoms with Crippen LogP contribution in [-0.4, -0.2) is 3.91 Å². The van der Waals surface area contributed by atoms with E-state index in [-0.39, 0.29) is 0 Å². The molecule has 1 unspecified atom stereocenters. The van der Waals surface area contributed by atoms with E-state index in [4.69, 9.17) is 17.3 Å². The minimum Gasteiger partial charge on any atom is -0.300 e. The normalized spacial score (nSPS) is 19.2. The summed E-state index contributed by atoms with van der Waals surface area (Å²) < 4.78 is -0.910. The van der Waals surface area contributed by atoms with Gasteiger partial charge < -0.3 is 5.73 Å². The molecule has 0 aromatic heterocycles. The van der Waals surface area contributed by atoms with Crippen LogP contribution in [0.15, 0.2) is 12.7 Å². The third kappa shape index (κ3) is 4.47. The van der Waals surface area contributed by atoms with Crippen molar-refractivity contribution in [2.75, 3.05) is 0 Å². The molecule has 2 N–H and O–H groups in total. The molecule has 3 heteroatoms. The van der Waals surface area contributed by atoms with E-state index in [2.05, 4.69) is 22.5 Å². The van der Waals surface area contributed by atoms with Gasteiger partial charge in [-0.25, -0.2) is 0 Å². The van der Waals surface area contributed by atoms with Crippen LogP contribution < -0.4 is 5.73 Å². The van der Waals surface area contributed by atoms with Crippen molar-refractivity contribution in [1.82, 2.24) is 0 Å². The van der Waals surface area contributed by atoms with Crippen molar-refractivity contribution in [1.29, 1.82) is 0 Å². The quantitative estimate of drug-likeness (QED) is 0.359. The summed E-state index contributed by atoms with van der Waals surface area (Å²) in [6, 6.07) is 0. The van der Waals surface area contributed by atoms with Crippen molar-refractivity contribution in [2.24, 2.45) is 5.73 Å². The molecule has 0 saturated heterocycles. The molecular weight excluding hydrogens is 165 g/mol. The Kier molecular flexibility index (Phi) is 2.11. The van der Waals surface area contributed by atoms with Gasteiger partial charge in [0.1, 0.15) is 0 Å². The van der Waals surface area contributed by atoms with E-state index in [0.717, 1.165) is 0 Å². The summed E-state index contributed by atoms with van der Waals surface area (Å²) >= 11 is 8.20. The summed E-state index contributed by atoms with van der Waals surface area (Å²) in [6.07, 6.45) is 1.40. The maximum atomic E-state index is 5.29. The predicted molar refractivity (Wildman–Crippen MR) is 31.9 cm³/mol. The summed E-state index contributed by atoms with van der Waals surface area (Å²) in [5.41, 5.74) is 5.10. The molecule has 0 rings (SSSR count). The third-order valence-corrected chi connectivity index (χ3v) is 0.750. The van der Waals surface area contributed by atoms with Crippen molar-refractivity contribution in [3.8, 4) is 0 Å². The molecule has 6 heavy (non-hydrogen) atoms. The van der Waals surface area contributed by atoms with Crippen LogP contribution in [0.5, 0.6) is 0 Å². The number of hydrogen-bond acceptors (Lipinski definition) is 1. The second-order valence-electron chi connectivity index (χ2n) is 0.879. The van der Waals surface area contributed by atoms with Crippen molar-refractivity contribution >= 4 is 27.5 Å². The van der Waals surface area contributed by atoms with E-state index in [1.54, 1.807) is 0 Å². The lowest BCUT2D eigenvalue weighted by Crippen LogP contribution is -2.20. The Morgan fingerprint density at radius 2 is 2.17 bits per heavy atom. The van der Waals surface area contributed by atoms with Gasteiger partial charge in [-0.3, -0.25) is 0 Å². The molecule has 0 spiro atoms. The van der Waals surface area contributed by atoms with Gasteiger partial charge in [0.2, 0.25) is 0 Å². The van der Waals surface area contributed by atoms with E-state index in [0.29, 0.717) is 0 Å². The first kappa shape index (κ1) is 6.47. The van der Waals surface area contributed by atoms with Crippen LogP contribution in [0.2, 0.25) is 0 Å². The van der Waals surface area contributed by atoms with E-state index >= 15 is 0 Å². The van der Waals surface area contributed by atoms with Crippen LogP contribution in [0, 0.1) is 0 Å². The van der Waals surface area contributed by atoms with Gasteiger partial charge in [0.05, 0.1) is 0 Å². The molecule has 0 aromatic carbocycles. The Morgan fingerprint density at radius 1 is 2.00 bits per heavy atom. The molecule has 0 saturated carbocycles. The van der Waals surface area contributed by atoms with Gasteiger partial charge in [-0.1, -0.05) is 18.2 Å². The van der Waals surface area contributed by atoms with E-state index < -0.39 is 3.91 Å². The first-order chi connectivity index (χ1) is 2.56. The number of hydrogen-bond donors (Lipinski definition) is 1. The lowest BCUT2D eigenvalue weighted by molar-refractivity contribution is 1.09. The molecule has 0 heterocycles. The van der Waals surface area contributed by atoms with Crippen LogP contribution in [0.25, 0.3) is 0 Å². The minimum atomic E-state index is -0.910. The molecule has 0 aliphatic rings. The van der Waals surface area contributed by atoms with Gasteiger partial charge in [-0.2, -0.15) is 0 Å². The Labute approximate surface area is 50.3 Å². The zero-order valence-corrected chi connectivity index (χ0v) is 5.46. The number of alkyl halides is 2. The smallest absolute Gasteiger partial charge is 0.165 e. The maximum absolute atomic E-state index is 5.29. The average Bonchev–Trinajstić information content (AvgIpc) is 1.35. The molecule has 0 aromatic rings. The van der Waals surface area contributed by atoms with E-state index in [1.165, 1.54) is 6.08 Å². The number of nitrogens with two attached hydrogens (primary N) is 1. The second-order valence-corrected chi connectivity index (χ2v) is 3.27. The predicted octanol–water partition coefficient (Wildman–Crippen LogP) is 1.42. The Morgan fingerprint density at radius 3 is 2.17 bits per heavy atom. The summed E-state index contributed by atoms with van der Waals surface area (Å²) in [7, 11) is 0. The molecular formula is C3H5BrClN. The highest BCUT2D eigenvalue weighted by Crippen LogP contribution is 2.15. The van der Waals surface area contributed by atoms with E-state index in [9.17, 15) is 0 Å². The van der Waals surface area contributed by atoms with Gasteiger partial charge in [-0.15, -0.1) is 0 Å². The first-order valence-corrected chi connectivity index (χ1v) is 2.53. The SMILES string of the molecule is C=CC(N)(Cl)Br. The molecule has 0 fully saturated rings. The van der Waals surface area contributed by atoms with Crippen LogP contribution in [0.3, 0.4) is 0 Å². The van der Waals surface area contributed by atoms with E-state index in [1.807, 2.05) is 0 Å². The van der Waals surface area contributed by atoms with Crippen molar-refractivity contribution in [3.63, 3.8) is 0 Å². The second kappa shape index (κ2) is 1.96. The molecule has 0 radical (unpaired) electrons. The number of rotatable bonds is 1. The lowest BCUT2D eigenvalue weighted by atomic mass is 10.7. The minimum absolute atomic E-state index is 0.910. The highest BCUT2D eigenvalue weighted by molar-refractivity contribution is 9.10. The largest absolute Gasteiger partial charge is 0.300 e. The molecule has 0 bridgehead atoms. The van der Waals surface area contributed by atoms with Gasteiger partial charge >= 0.3 is 0 Å². The van der Waals surface area contributed by atoms with Crippen LogP contribution in [0.4, 0.5) is 0 Å². The Balaban J connectivity index is 3.45. The van der Waals surface area contributed by atoms with Gasteiger partial charge in [0.25, 0.3) is 0 Å². The van der Waals surface area contributed by atoms with Crippen molar-refractivity contribution in [2.45, 2.75) is 3.91 Å². The standard InChI is InChI=1S/C3H5BrClN/c1-2-3(4,5)6/h2H,1,6H2. The van der Waals surface area contributed by atoms with Gasteiger partial charge in [0, 0.05) is 0 Å². The highest BCUT2D eigenvalue weighted by Gasteiger charge is 2.06. The first-order valence-electron chi connectivity index (χ1n) is 1.36. The Hall–Kier alpha value is 0.470. The van der Waals surface area contributed by atoms with Gasteiger partial charge in [0.15, 0.2) is 3.91 Å². The fourth-order valence-corrected chi connectivity index (χ4v) is 0. The monoisotopic (exact) mass is 169 g/mol. The fraction of sp³-hybridized carbons (Fsp3) is 0.333. The molecule has 0 aliphatic carbocycles. The zero-order chi connectivity index (χ0) is 5.21. The summed E-state index contributed by atoms with van der Waals surface area (Å²) in [5.74, 6) is 0. The third-order valence-electron chi connectivity index (χ3n) is 0.272. The van der Waals surface area contributed by atoms with Crippen LogP contribution in [-0.2, 0) is 0 Å². The highest BCUT2D eigenvalue weighted by atomic mass is 79.9. The van der Waals surface area contributed by atoms with Crippen molar-refractivity contribution < 1.29 is 0 Å². The number of halogens is 2. The summed E-state index contributed by atoms with van der Waals surface area (Å²) in [6.45, 7) is 3.33.